The van der Waals surface area contributed by atoms with Gasteiger partial charge in [-0.1, -0.05) is 6.92 Å². The first-order valence-corrected chi connectivity index (χ1v) is 6.72. The van der Waals surface area contributed by atoms with E-state index in [1.165, 1.54) is 0 Å². The van der Waals surface area contributed by atoms with Crippen LogP contribution in [-0.4, -0.2) is 35.6 Å². The lowest BCUT2D eigenvalue weighted by Gasteiger charge is -2.29. The molecule has 1 aromatic rings. The maximum atomic E-state index is 11.0. The van der Waals surface area contributed by atoms with Crippen molar-refractivity contribution < 1.29 is 4.92 Å². The molecule has 1 aliphatic heterocycles. The molecule has 1 aliphatic rings. The normalized spacial score (nSPS) is 18.5. The molecule has 0 aliphatic carbocycles. The Hall–Kier alpha value is -1.69. The number of anilines is 1. The van der Waals surface area contributed by atoms with Gasteiger partial charge in [-0.15, -0.1) is 0 Å². The number of aryl methyl sites for hydroxylation is 1. The number of nitro groups is 1. The SMILES string of the molecule is CCCN(c1cc([N+](=O)[O-])c(C)cn1)C1CCNC1. The van der Waals surface area contributed by atoms with Crippen molar-refractivity contribution >= 4 is 11.5 Å². The number of hydrogen-bond donors (Lipinski definition) is 1. The Morgan fingerprint density at radius 1 is 1.63 bits per heavy atom. The fourth-order valence-corrected chi connectivity index (χ4v) is 2.49. The van der Waals surface area contributed by atoms with Gasteiger partial charge in [-0.05, 0) is 26.3 Å². The van der Waals surface area contributed by atoms with E-state index < -0.39 is 0 Å². The van der Waals surface area contributed by atoms with E-state index in [2.05, 4.69) is 22.1 Å². The highest BCUT2D eigenvalue weighted by molar-refractivity contribution is 5.51. The minimum Gasteiger partial charge on any atom is -0.352 e. The minimum atomic E-state index is -0.336. The topological polar surface area (TPSA) is 71.3 Å². The van der Waals surface area contributed by atoms with Crippen molar-refractivity contribution in [1.82, 2.24) is 10.3 Å². The van der Waals surface area contributed by atoms with Crippen LogP contribution in [0.4, 0.5) is 11.5 Å². The minimum absolute atomic E-state index is 0.150. The number of nitrogens with zero attached hydrogens (tertiary/aromatic N) is 3. The highest BCUT2D eigenvalue weighted by Crippen LogP contribution is 2.25. The van der Waals surface area contributed by atoms with Crippen LogP contribution in [0.2, 0.25) is 0 Å². The van der Waals surface area contributed by atoms with Crippen molar-refractivity contribution in [3.05, 3.63) is 27.9 Å². The molecule has 6 nitrogen and oxygen atoms in total. The first kappa shape index (κ1) is 13.7. The number of hydrogen-bond acceptors (Lipinski definition) is 5. The van der Waals surface area contributed by atoms with Gasteiger partial charge in [-0.2, -0.15) is 0 Å². The van der Waals surface area contributed by atoms with Crippen LogP contribution < -0.4 is 10.2 Å². The first-order chi connectivity index (χ1) is 9.13. The molecule has 1 saturated heterocycles. The summed E-state index contributed by atoms with van der Waals surface area (Å²) < 4.78 is 0. The molecule has 0 amide bonds. The number of aromatic nitrogens is 1. The van der Waals surface area contributed by atoms with Crippen LogP contribution in [0.15, 0.2) is 12.3 Å². The van der Waals surface area contributed by atoms with Gasteiger partial charge in [0.25, 0.3) is 5.69 Å². The Bertz CT molecular complexity index is 458. The Balaban J connectivity index is 2.30. The monoisotopic (exact) mass is 264 g/mol. The van der Waals surface area contributed by atoms with Gasteiger partial charge in [-0.3, -0.25) is 10.1 Å². The predicted molar refractivity (Wildman–Crippen MR) is 74.5 cm³/mol. The molecular weight excluding hydrogens is 244 g/mol. The van der Waals surface area contributed by atoms with Crippen molar-refractivity contribution in [3.63, 3.8) is 0 Å². The molecule has 2 heterocycles. The smallest absolute Gasteiger partial charge is 0.277 e. The number of nitrogens with one attached hydrogen (secondary N) is 1. The lowest BCUT2D eigenvalue weighted by Crippen LogP contribution is -2.38. The first-order valence-electron chi connectivity index (χ1n) is 6.72. The van der Waals surface area contributed by atoms with Gasteiger partial charge in [0.15, 0.2) is 0 Å². The van der Waals surface area contributed by atoms with Crippen LogP contribution in [0.25, 0.3) is 0 Å². The van der Waals surface area contributed by atoms with Crippen molar-refractivity contribution in [2.45, 2.75) is 32.7 Å². The highest BCUT2D eigenvalue weighted by Gasteiger charge is 2.24. The summed E-state index contributed by atoms with van der Waals surface area (Å²) in [4.78, 5) is 17.3. The van der Waals surface area contributed by atoms with Crippen LogP contribution in [0.1, 0.15) is 25.3 Å². The van der Waals surface area contributed by atoms with E-state index in [1.54, 1.807) is 19.2 Å². The molecule has 1 N–H and O–H groups in total. The Morgan fingerprint density at radius 3 is 3.00 bits per heavy atom. The van der Waals surface area contributed by atoms with Crippen LogP contribution in [0.3, 0.4) is 0 Å². The van der Waals surface area contributed by atoms with Crippen molar-refractivity contribution in [2.75, 3.05) is 24.5 Å². The lowest BCUT2D eigenvalue weighted by molar-refractivity contribution is -0.385. The van der Waals surface area contributed by atoms with Crippen molar-refractivity contribution in [2.24, 2.45) is 0 Å². The zero-order valence-electron chi connectivity index (χ0n) is 11.4. The van der Waals surface area contributed by atoms with Crippen molar-refractivity contribution in [1.29, 1.82) is 0 Å². The molecule has 1 fully saturated rings. The van der Waals surface area contributed by atoms with Crippen LogP contribution in [0.5, 0.6) is 0 Å². The maximum absolute atomic E-state index is 11.0. The van der Waals surface area contributed by atoms with E-state index in [9.17, 15) is 10.1 Å². The molecule has 104 valence electrons. The number of pyridine rings is 1. The summed E-state index contributed by atoms with van der Waals surface area (Å²) in [7, 11) is 0. The molecule has 0 spiro atoms. The van der Waals surface area contributed by atoms with Gasteiger partial charge >= 0.3 is 0 Å². The molecule has 1 atom stereocenters. The third kappa shape index (κ3) is 3.01. The zero-order valence-corrected chi connectivity index (χ0v) is 11.4. The number of rotatable bonds is 5. The summed E-state index contributed by atoms with van der Waals surface area (Å²) in [6.45, 7) is 6.62. The summed E-state index contributed by atoms with van der Waals surface area (Å²) in [5.41, 5.74) is 0.756. The van der Waals surface area contributed by atoms with E-state index in [0.29, 0.717) is 17.4 Å². The third-order valence-corrected chi connectivity index (χ3v) is 3.49. The van der Waals surface area contributed by atoms with E-state index in [1.807, 2.05) is 0 Å². The van der Waals surface area contributed by atoms with Gasteiger partial charge in [-0.25, -0.2) is 4.98 Å². The van der Waals surface area contributed by atoms with Crippen LogP contribution >= 0.6 is 0 Å². The van der Waals surface area contributed by atoms with Gasteiger partial charge in [0, 0.05) is 30.9 Å². The molecule has 19 heavy (non-hydrogen) atoms. The Morgan fingerprint density at radius 2 is 2.42 bits per heavy atom. The summed E-state index contributed by atoms with van der Waals surface area (Å²) in [5, 5.41) is 14.3. The van der Waals surface area contributed by atoms with Gasteiger partial charge < -0.3 is 10.2 Å². The van der Waals surface area contributed by atoms with E-state index >= 15 is 0 Å². The maximum Gasteiger partial charge on any atom is 0.277 e. The van der Waals surface area contributed by atoms with Crippen LogP contribution in [-0.2, 0) is 0 Å². The Labute approximate surface area is 113 Å². The summed E-state index contributed by atoms with van der Waals surface area (Å²) in [5.74, 6) is 0.716. The summed E-state index contributed by atoms with van der Waals surface area (Å²) in [6.07, 6.45) is 3.65. The lowest BCUT2D eigenvalue weighted by atomic mass is 10.2. The molecular formula is C13H20N4O2. The van der Waals surface area contributed by atoms with E-state index in [0.717, 1.165) is 32.5 Å². The average Bonchev–Trinajstić information content (AvgIpc) is 2.90. The molecule has 0 aromatic carbocycles. The van der Waals surface area contributed by atoms with Crippen molar-refractivity contribution in [3.8, 4) is 0 Å². The molecule has 2 rings (SSSR count). The highest BCUT2D eigenvalue weighted by atomic mass is 16.6. The molecule has 6 heteroatoms. The van der Waals surface area contributed by atoms with Gasteiger partial charge in [0.05, 0.1) is 11.0 Å². The third-order valence-electron chi connectivity index (χ3n) is 3.49. The van der Waals surface area contributed by atoms with E-state index in [4.69, 9.17) is 0 Å². The van der Waals surface area contributed by atoms with Gasteiger partial charge in [0.1, 0.15) is 5.82 Å². The van der Waals surface area contributed by atoms with Gasteiger partial charge in [0.2, 0.25) is 0 Å². The second-order valence-electron chi connectivity index (χ2n) is 4.93. The Kier molecular flexibility index (Phi) is 4.31. The fourth-order valence-electron chi connectivity index (χ4n) is 2.49. The summed E-state index contributed by atoms with van der Waals surface area (Å²) >= 11 is 0. The largest absolute Gasteiger partial charge is 0.352 e. The second kappa shape index (κ2) is 5.97. The molecule has 0 bridgehead atoms. The quantitative estimate of drug-likeness (QED) is 0.649. The standard InChI is InChI=1S/C13H20N4O2/c1-3-6-16(11-4-5-14-9-11)13-7-12(17(18)19)10(2)8-15-13/h7-8,11,14H,3-6,9H2,1-2H3. The fraction of sp³-hybridized carbons (Fsp3) is 0.615. The molecule has 1 unspecified atom stereocenters. The molecule has 0 radical (unpaired) electrons. The molecule has 1 aromatic heterocycles. The summed E-state index contributed by atoms with van der Waals surface area (Å²) in [6, 6.07) is 1.98. The predicted octanol–water partition coefficient (Wildman–Crippen LogP) is 1.88. The zero-order chi connectivity index (χ0) is 13.8. The van der Waals surface area contributed by atoms with Crippen LogP contribution in [0, 0.1) is 17.0 Å². The van der Waals surface area contributed by atoms with E-state index in [-0.39, 0.29) is 10.6 Å². The second-order valence-corrected chi connectivity index (χ2v) is 4.93. The average molecular weight is 264 g/mol. The molecule has 0 saturated carbocycles.